The van der Waals surface area contributed by atoms with Gasteiger partial charge in [0.05, 0.1) is 31.9 Å². The quantitative estimate of drug-likeness (QED) is 0.320. The topological polar surface area (TPSA) is 104 Å². The van der Waals surface area contributed by atoms with Crippen LogP contribution in [0, 0.1) is 22.0 Å². The van der Waals surface area contributed by atoms with Gasteiger partial charge in [-0.3, -0.25) is 9.35 Å². The first-order valence-electron chi connectivity index (χ1n) is 12.0. The summed E-state index contributed by atoms with van der Waals surface area (Å²) in [6, 6.07) is 20.2. The van der Waals surface area contributed by atoms with Crippen LogP contribution < -0.4 is 0 Å². The minimum atomic E-state index is -4.08. The van der Waals surface area contributed by atoms with Crippen molar-refractivity contribution in [2.45, 2.75) is 39.2 Å². The van der Waals surface area contributed by atoms with Crippen molar-refractivity contribution in [2.24, 2.45) is 16.7 Å². The highest BCUT2D eigenvalue weighted by molar-refractivity contribution is 7.85. The minimum Gasteiger partial charge on any atom is -0.633 e. The van der Waals surface area contributed by atoms with Gasteiger partial charge < -0.3 is 14.6 Å². The molecule has 0 saturated heterocycles. The molecule has 2 aromatic carbocycles. The van der Waals surface area contributed by atoms with Gasteiger partial charge in [0.25, 0.3) is 10.1 Å². The maximum Gasteiger partial charge on any atom is 0.265 e. The van der Waals surface area contributed by atoms with Crippen molar-refractivity contribution < 1.29 is 27.1 Å². The maximum atomic E-state index is 11.9. The van der Waals surface area contributed by atoms with Gasteiger partial charge in [-0.05, 0) is 35.3 Å². The van der Waals surface area contributed by atoms with Crippen LogP contribution in [0.15, 0.2) is 60.7 Å². The van der Waals surface area contributed by atoms with Crippen molar-refractivity contribution in [2.75, 3.05) is 33.0 Å². The molecule has 0 spiro atoms. The molecule has 192 valence electrons. The van der Waals surface area contributed by atoms with Gasteiger partial charge in [0.1, 0.15) is 18.4 Å². The Morgan fingerprint density at radius 1 is 1.06 bits per heavy atom. The summed E-state index contributed by atoms with van der Waals surface area (Å²) >= 11 is 0. The van der Waals surface area contributed by atoms with Crippen LogP contribution in [-0.4, -0.2) is 56.4 Å². The number of quaternary nitrogens is 1. The zero-order valence-corrected chi connectivity index (χ0v) is 21.8. The third-order valence-electron chi connectivity index (χ3n) is 7.69. The highest BCUT2D eigenvalue weighted by Gasteiger charge is 2.65. The lowest BCUT2D eigenvalue weighted by atomic mass is 9.70. The van der Waals surface area contributed by atoms with Crippen LogP contribution in [0.3, 0.4) is 0 Å². The Labute approximate surface area is 209 Å². The average Bonchev–Trinajstić information content (AvgIpc) is 3.11. The first kappa shape index (κ1) is 27.5. The number of hydroxylamine groups is 3. The molecule has 0 aliphatic heterocycles. The van der Waals surface area contributed by atoms with Crippen molar-refractivity contribution >= 4 is 15.9 Å². The number of hydrogen-bond donors (Lipinski definition) is 1. The Bertz CT molecular complexity index is 1060. The number of likely N-dealkylation sites (N-methyl/N-ethyl adjacent to an activating group) is 1. The van der Waals surface area contributed by atoms with E-state index in [1.807, 2.05) is 50.2 Å². The second-order valence-electron chi connectivity index (χ2n) is 10.8. The molecule has 35 heavy (non-hydrogen) atoms. The first-order valence-corrected chi connectivity index (χ1v) is 13.6. The zero-order valence-electron chi connectivity index (χ0n) is 21.0. The summed E-state index contributed by atoms with van der Waals surface area (Å²) in [5.74, 6) is -0.101. The van der Waals surface area contributed by atoms with E-state index in [0.29, 0.717) is 26.0 Å². The normalized spacial score (nSPS) is 23.3. The van der Waals surface area contributed by atoms with Crippen LogP contribution in [-0.2, 0) is 19.6 Å². The fourth-order valence-electron chi connectivity index (χ4n) is 5.45. The third-order valence-corrected chi connectivity index (χ3v) is 8.54. The molecule has 2 aliphatic carbocycles. The van der Waals surface area contributed by atoms with Crippen molar-refractivity contribution in [3.8, 4) is 0 Å². The summed E-state index contributed by atoms with van der Waals surface area (Å²) in [6.45, 7) is 4.77. The van der Waals surface area contributed by atoms with Crippen LogP contribution >= 0.6 is 0 Å². The summed E-state index contributed by atoms with van der Waals surface area (Å²) in [5, 5.41) is 11.6. The van der Waals surface area contributed by atoms with Gasteiger partial charge >= 0.3 is 0 Å². The summed E-state index contributed by atoms with van der Waals surface area (Å²) < 4.78 is 36.6. The molecule has 0 radical (unpaired) electrons. The molecule has 0 unspecified atom stereocenters. The Kier molecular flexibility index (Phi) is 8.23. The summed E-state index contributed by atoms with van der Waals surface area (Å²) in [4.78, 5) is 11.9. The average molecular weight is 504 g/mol. The van der Waals surface area contributed by atoms with Gasteiger partial charge in [-0.1, -0.05) is 74.5 Å². The summed E-state index contributed by atoms with van der Waals surface area (Å²) in [6.07, 6.45) is 1.85. The Hall–Kier alpha value is -2.10. The Morgan fingerprint density at radius 2 is 1.57 bits per heavy atom. The molecular weight excluding hydrogens is 466 g/mol. The number of ketones is 1. The van der Waals surface area contributed by atoms with E-state index in [1.54, 1.807) is 14.1 Å². The second-order valence-corrected chi connectivity index (χ2v) is 12.2. The fraction of sp³-hybridized carbons (Fsp3) is 0.519. The minimum absolute atomic E-state index is 0.0152. The predicted octanol–water partition coefficient (Wildman–Crippen LogP) is 4.64. The van der Waals surface area contributed by atoms with Crippen molar-refractivity contribution in [3.63, 3.8) is 0 Å². The van der Waals surface area contributed by atoms with Crippen molar-refractivity contribution in [1.82, 2.24) is 0 Å². The number of ether oxygens (including phenoxy) is 1. The molecule has 2 saturated carbocycles. The van der Waals surface area contributed by atoms with Crippen LogP contribution in [0.2, 0.25) is 0 Å². The second kappa shape index (κ2) is 10.5. The number of fused-ring (bicyclic) bond motifs is 2. The molecule has 2 bridgehead atoms. The van der Waals surface area contributed by atoms with Crippen LogP contribution in [0.25, 0.3) is 0 Å². The molecule has 8 heteroatoms. The van der Waals surface area contributed by atoms with Gasteiger partial charge in [0.2, 0.25) is 0 Å². The highest BCUT2D eigenvalue weighted by Crippen LogP contribution is 2.64. The predicted molar refractivity (Wildman–Crippen MR) is 136 cm³/mol. The molecule has 4 rings (SSSR count). The van der Waals surface area contributed by atoms with Gasteiger partial charge in [0, 0.05) is 6.42 Å². The number of carbonyl (C=O) groups is 1. The highest BCUT2D eigenvalue weighted by atomic mass is 32.2. The van der Waals surface area contributed by atoms with Gasteiger partial charge in [-0.2, -0.15) is 8.42 Å². The van der Waals surface area contributed by atoms with E-state index in [2.05, 4.69) is 24.3 Å². The smallest absolute Gasteiger partial charge is 0.265 e. The van der Waals surface area contributed by atoms with Crippen molar-refractivity contribution in [1.29, 1.82) is 0 Å². The molecule has 2 aromatic rings. The fourth-order valence-corrected chi connectivity index (χ4v) is 6.75. The molecule has 1 N–H and O–H groups in total. The lowest BCUT2D eigenvalue weighted by Gasteiger charge is -2.35. The van der Waals surface area contributed by atoms with E-state index in [0.717, 1.165) is 17.5 Å². The molecule has 0 aromatic heterocycles. The number of hydrogen-bond acceptors (Lipinski definition) is 5. The molecule has 0 amide bonds. The maximum absolute atomic E-state index is 11.9. The molecule has 2 atom stereocenters. The number of benzene rings is 2. The lowest BCUT2D eigenvalue weighted by molar-refractivity contribution is -0.840. The summed E-state index contributed by atoms with van der Waals surface area (Å²) in [5.41, 5.74) is 1.09. The van der Waals surface area contributed by atoms with Gasteiger partial charge in [0.15, 0.2) is 0 Å². The Morgan fingerprint density at radius 3 is 1.94 bits per heavy atom. The van der Waals surface area contributed by atoms with E-state index in [1.165, 1.54) is 0 Å². The molecule has 2 aliphatic rings. The van der Waals surface area contributed by atoms with Gasteiger partial charge in [-0.15, -0.1) is 0 Å². The van der Waals surface area contributed by atoms with E-state index in [-0.39, 0.29) is 27.9 Å². The number of carbonyl (C=O) groups excluding carboxylic acids is 1. The van der Waals surface area contributed by atoms with Crippen LogP contribution in [0.4, 0.5) is 0 Å². The van der Waals surface area contributed by atoms with Crippen LogP contribution in [0.5, 0.6) is 0 Å². The van der Waals surface area contributed by atoms with Crippen LogP contribution in [0.1, 0.15) is 50.3 Å². The van der Waals surface area contributed by atoms with E-state index >= 15 is 0 Å². The number of nitrogens with zero attached hydrogens (tertiary/aromatic N) is 1. The largest absolute Gasteiger partial charge is 0.633 e. The SMILES string of the molecule is CC1(C)[C@@H]2CC[C@@]1(CS(=O)(=O)O)C(=O)C2.C[N+](C)([O-])CCOC(c1ccccc1)c1ccccc1. The lowest BCUT2D eigenvalue weighted by Crippen LogP contribution is -2.42. The van der Waals surface area contributed by atoms with Gasteiger partial charge in [-0.25, -0.2) is 0 Å². The summed E-state index contributed by atoms with van der Waals surface area (Å²) in [7, 11) is -0.819. The molecule has 2 fully saturated rings. The van der Waals surface area contributed by atoms with E-state index in [4.69, 9.17) is 9.29 Å². The third kappa shape index (κ3) is 6.57. The number of rotatable bonds is 8. The Balaban J connectivity index is 0.000000203. The zero-order chi connectivity index (χ0) is 25.9. The molecular formula is C27H37NO6S. The van der Waals surface area contributed by atoms with E-state index < -0.39 is 21.3 Å². The monoisotopic (exact) mass is 503 g/mol. The standard InChI is InChI=1S/C17H21NO2.C10H16O4S/c1-18(2,19)13-14-20-17(15-9-5-3-6-10-15)16-11-7-4-8-12-16;1-9(2)7-3-4-10(9,8(11)5-7)6-15(12,13)14/h3-12,17H,13-14H2,1-2H3;7H,3-6H2,1-2H3,(H,12,13,14)/t;7-,10-/m.1/s1. The van der Waals surface area contributed by atoms with E-state index in [9.17, 15) is 18.4 Å². The first-order chi connectivity index (χ1) is 16.3. The number of Topliss-reactive ketones (excluding diaryl/α,β-unsaturated/α-hetero) is 1. The molecule has 7 nitrogen and oxygen atoms in total. The molecule has 0 heterocycles. The van der Waals surface area contributed by atoms with Crippen molar-refractivity contribution in [3.05, 3.63) is 77.0 Å².